The monoisotopic (exact) mass is 555 g/mol. The molecule has 2 aliphatic rings. The Kier molecular flexibility index (Phi) is 8.26. The van der Waals surface area contributed by atoms with Crippen molar-refractivity contribution in [2.24, 2.45) is 5.73 Å². The Morgan fingerprint density at radius 3 is 2.38 bits per heavy atom. The molecule has 3 N–H and O–H groups in total. The number of fused-ring (bicyclic) bond motifs is 1. The van der Waals surface area contributed by atoms with Crippen LogP contribution in [0.5, 0.6) is 11.5 Å². The fraction of sp³-hybridized carbons (Fsp3) is 0.533. The summed E-state index contributed by atoms with van der Waals surface area (Å²) in [7, 11) is 1.86. The first-order valence-electron chi connectivity index (χ1n) is 13.4. The van der Waals surface area contributed by atoms with Crippen molar-refractivity contribution in [1.29, 1.82) is 0 Å². The molecule has 0 aliphatic carbocycles. The number of amides is 2. The number of phenols is 1. The SMILES string of the molecule is CN(CCCN1C(=O)CSC1c1cc(C(C)(C)C)c(O)c(C(C)(C)C)c1)C(C(N)=O)c1ccc2c(c1)OOC2. The van der Waals surface area contributed by atoms with Gasteiger partial charge in [-0.3, -0.25) is 14.5 Å². The molecule has 1 fully saturated rings. The van der Waals surface area contributed by atoms with Crippen LogP contribution in [0.2, 0.25) is 0 Å². The summed E-state index contributed by atoms with van der Waals surface area (Å²) in [5.41, 5.74) is 9.77. The van der Waals surface area contributed by atoms with Crippen LogP contribution < -0.4 is 10.6 Å². The number of rotatable bonds is 8. The standard InChI is InChI=1S/C30H41N3O5S/c1-29(2,3)21-13-20(14-22(26(21)35)30(4,5)6)28-33(24(34)17-39-28)12-8-11-32(7)25(27(31)36)18-9-10-19-16-37-38-23(19)15-18/h9-10,13-15,25,28,35H,8,11-12,16-17H2,1-7H3,(H2,31,36). The van der Waals surface area contributed by atoms with Crippen molar-refractivity contribution in [3.05, 3.63) is 58.1 Å². The molecule has 2 amide bonds. The van der Waals surface area contributed by atoms with Crippen LogP contribution in [0.4, 0.5) is 0 Å². The molecule has 9 heteroatoms. The first-order valence-corrected chi connectivity index (χ1v) is 14.4. The van der Waals surface area contributed by atoms with E-state index in [4.69, 9.17) is 15.5 Å². The molecule has 0 saturated carbocycles. The van der Waals surface area contributed by atoms with Gasteiger partial charge in [-0.15, -0.1) is 11.8 Å². The molecule has 0 aromatic heterocycles. The highest BCUT2D eigenvalue weighted by Crippen LogP contribution is 2.45. The van der Waals surface area contributed by atoms with Crippen LogP contribution in [0, 0.1) is 0 Å². The molecule has 2 aliphatic heterocycles. The number of carbonyl (C=O) groups excluding carboxylic acids is 2. The molecule has 2 aromatic rings. The van der Waals surface area contributed by atoms with Gasteiger partial charge in [0, 0.05) is 18.7 Å². The van der Waals surface area contributed by atoms with Gasteiger partial charge >= 0.3 is 0 Å². The van der Waals surface area contributed by atoms with E-state index in [1.54, 1.807) is 17.8 Å². The second-order valence-electron chi connectivity index (χ2n) is 12.6. The number of benzene rings is 2. The van der Waals surface area contributed by atoms with Gasteiger partial charge in [-0.05, 0) is 64.8 Å². The molecule has 2 unspecified atom stereocenters. The third kappa shape index (κ3) is 6.21. The smallest absolute Gasteiger partial charge is 0.239 e. The number of likely N-dealkylation sites (N-methyl/N-ethyl adjacent to an activating group) is 1. The molecule has 2 heterocycles. The molecule has 2 atom stereocenters. The first kappa shape index (κ1) is 29.2. The van der Waals surface area contributed by atoms with Gasteiger partial charge in [0.05, 0.1) is 5.75 Å². The van der Waals surface area contributed by atoms with Crippen molar-refractivity contribution in [1.82, 2.24) is 9.80 Å². The van der Waals surface area contributed by atoms with Crippen LogP contribution in [0.1, 0.15) is 87.2 Å². The van der Waals surface area contributed by atoms with E-state index in [0.29, 0.717) is 43.4 Å². The number of hydrogen-bond acceptors (Lipinski definition) is 7. The van der Waals surface area contributed by atoms with Crippen LogP contribution in [-0.4, -0.2) is 52.6 Å². The number of aromatic hydroxyl groups is 1. The van der Waals surface area contributed by atoms with Crippen LogP contribution in [-0.2, 0) is 31.9 Å². The maximum atomic E-state index is 13.0. The zero-order chi connectivity index (χ0) is 28.7. The number of primary amides is 1. The van der Waals surface area contributed by atoms with Crippen LogP contribution >= 0.6 is 11.8 Å². The number of thioether (sulfide) groups is 1. The summed E-state index contributed by atoms with van der Waals surface area (Å²) in [6.45, 7) is 14.0. The van der Waals surface area contributed by atoms with Gasteiger partial charge in [0.2, 0.25) is 11.8 Å². The van der Waals surface area contributed by atoms with Crippen molar-refractivity contribution in [2.75, 3.05) is 25.9 Å². The molecule has 1 saturated heterocycles. The summed E-state index contributed by atoms with van der Waals surface area (Å²) in [5, 5.41) is 11.0. The molecule has 0 spiro atoms. The summed E-state index contributed by atoms with van der Waals surface area (Å²) in [5.74, 6) is 1.00. The van der Waals surface area contributed by atoms with E-state index >= 15 is 0 Å². The molecule has 39 heavy (non-hydrogen) atoms. The van der Waals surface area contributed by atoms with E-state index in [0.717, 1.165) is 27.8 Å². The van der Waals surface area contributed by atoms with Crippen LogP contribution in [0.25, 0.3) is 0 Å². The zero-order valence-electron chi connectivity index (χ0n) is 24.0. The average Bonchev–Trinajstić information content (AvgIpc) is 3.44. The number of hydrogen-bond donors (Lipinski definition) is 2. The van der Waals surface area contributed by atoms with E-state index in [1.807, 2.05) is 29.0 Å². The average molecular weight is 556 g/mol. The van der Waals surface area contributed by atoms with Gasteiger partial charge in [-0.1, -0.05) is 53.7 Å². The fourth-order valence-electron chi connectivity index (χ4n) is 5.26. The van der Waals surface area contributed by atoms with Gasteiger partial charge in [0.15, 0.2) is 5.75 Å². The maximum absolute atomic E-state index is 13.0. The van der Waals surface area contributed by atoms with E-state index < -0.39 is 11.9 Å². The Bertz CT molecular complexity index is 1220. The van der Waals surface area contributed by atoms with Gasteiger partial charge in [-0.2, -0.15) is 4.89 Å². The predicted octanol–water partition coefficient (Wildman–Crippen LogP) is 4.93. The number of nitrogens with zero attached hydrogens (tertiary/aromatic N) is 2. The minimum atomic E-state index is -0.625. The van der Waals surface area contributed by atoms with Gasteiger partial charge in [-0.25, -0.2) is 0 Å². The third-order valence-corrected chi connectivity index (χ3v) is 8.65. The normalized spacial score (nSPS) is 18.4. The molecule has 4 rings (SSSR count). The largest absolute Gasteiger partial charge is 0.507 e. The molecule has 0 radical (unpaired) electrons. The number of carbonyl (C=O) groups is 2. The highest BCUT2D eigenvalue weighted by molar-refractivity contribution is 8.00. The van der Waals surface area contributed by atoms with Crippen molar-refractivity contribution < 1.29 is 24.5 Å². The van der Waals surface area contributed by atoms with Gasteiger partial charge in [0.25, 0.3) is 0 Å². The minimum absolute atomic E-state index is 0.0950. The highest BCUT2D eigenvalue weighted by Gasteiger charge is 2.36. The molecule has 212 valence electrons. The van der Waals surface area contributed by atoms with Crippen molar-refractivity contribution in [3.8, 4) is 11.5 Å². The van der Waals surface area contributed by atoms with E-state index in [1.165, 1.54) is 0 Å². The minimum Gasteiger partial charge on any atom is -0.507 e. The lowest BCUT2D eigenvalue weighted by Gasteiger charge is -2.32. The fourth-order valence-corrected chi connectivity index (χ4v) is 6.46. The quantitative estimate of drug-likeness (QED) is 0.445. The van der Waals surface area contributed by atoms with Gasteiger partial charge < -0.3 is 20.6 Å². The first-order chi connectivity index (χ1) is 18.2. The number of nitrogens with two attached hydrogens (primary N) is 1. The summed E-state index contributed by atoms with van der Waals surface area (Å²) in [4.78, 5) is 39.5. The Balaban J connectivity index is 1.51. The van der Waals surface area contributed by atoms with E-state index in [2.05, 4.69) is 53.7 Å². The summed E-state index contributed by atoms with van der Waals surface area (Å²) >= 11 is 1.62. The molecular weight excluding hydrogens is 514 g/mol. The topological polar surface area (TPSA) is 105 Å². The summed E-state index contributed by atoms with van der Waals surface area (Å²) in [6.07, 6.45) is 0.671. The molecule has 0 bridgehead atoms. The number of phenolic OH excluding ortho intramolecular Hbond substituents is 1. The molecular formula is C30H41N3O5S. The van der Waals surface area contributed by atoms with Crippen molar-refractivity contribution in [3.63, 3.8) is 0 Å². The molecule has 2 aromatic carbocycles. The lowest BCUT2D eigenvalue weighted by Crippen LogP contribution is -2.37. The van der Waals surface area contributed by atoms with E-state index in [-0.39, 0.29) is 22.1 Å². The van der Waals surface area contributed by atoms with Crippen molar-refractivity contribution >= 4 is 23.6 Å². The second kappa shape index (κ2) is 11.0. The Labute approximate surface area is 235 Å². The van der Waals surface area contributed by atoms with E-state index in [9.17, 15) is 14.7 Å². The maximum Gasteiger partial charge on any atom is 0.239 e. The lowest BCUT2D eigenvalue weighted by atomic mass is 9.78. The Morgan fingerprint density at radius 2 is 1.79 bits per heavy atom. The van der Waals surface area contributed by atoms with Crippen LogP contribution in [0.15, 0.2) is 30.3 Å². The lowest BCUT2D eigenvalue weighted by molar-refractivity contribution is -0.194. The highest BCUT2D eigenvalue weighted by atomic mass is 32.2. The second-order valence-corrected chi connectivity index (χ2v) is 13.6. The van der Waals surface area contributed by atoms with Gasteiger partial charge in [0.1, 0.15) is 23.8 Å². The summed E-state index contributed by atoms with van der Waals surface area (Å²) in [6, 6.07) is 9.06. The molecule has 8 nitrogen and oxygen atoms in total. The zero-order valence-corrected chi connectivity index (χ0v) is 24.9. The van der Waals surface area contributed by atoms with Crippen molar-refractivity contribution in [2.45, 2.75) is 76.8 Å². The Hall–Kier alpha value is -2.75. The van der Waals surface area contributed by atoms with Crippen LogP contribution in [0.3, 0.4) is 0 Å². The predicted molar refractivity (Wildman–Crippen MR) is 153 cm³/mol. The third-order valence-electron chi connectivity index (χ3n) is 7.39. The summed E-state index contributed by atoms with van der Waals surface area (Å²) < 4.78 is 0. The Morgan fingerprint density at radius 1 is 1.15 bits per heavy atom.